The van der Waals surface area contributed by atoms with Crippen molar-refractivity contribution < 1.29 is 18.8 Å². The van der Waals surface area contributed by atoms with Crippen molar-refractivity contribution in [2.75, 3.05) is 14.2 Å². The fraction of sp³-hybridized carbons (Fsp3) is 0.286. The number of hydrogen-bond donors (Lipinski definition) is 1. The van der Waals surface area contributed by atoms with Crippen LogP contribution in [0.5, 0.6) is 11.5 Å². The van der Waals surface area contributed by atoms with Crippen LogP contribution in [-0.4, -0.2) is 30.3 Å². The number of methoxy groups -OCH3 is 2. The summed E-state index contributed by atoms with van der Waals surface area (Å²) in [6.07, 6.45) is 0.588. The van der Waals surface area contributed by atoms with Crippen LogP contribution in [0, 0.1) is 0 Å². The summed E-state index contributed by atoms with van der Waals surface area (Å²) in [6, 6.07) is 12.6. The van der Waals surface area contributed by atoms with Gasteiger partial charge in [0.05, 0.1) is 20.3 Å². The number of amides is 1. The van der Waals surface area contributed by atoms with Gasteiger partial charge in [-0.3, -0.25) is 4.79 Å². The van der Waals surface area contributed by atoms with Crippen LogP contribution < -0.4 is 14.8 Å². The minimum absolute atomic E-state index is 0.0988. The van der Waals surface area contributed by atoms with Crippen LogP contribution in [-0.2, 0) is 11.2 Å². The van der Waals surface area contributed by atoms with Crippen molar-refractivity contribution in [3.05, 3.63) is 58.9 Å². The van der Waals surface area contributed by atoms with E-state index in [1.54, 1.807) is 38.5 Å². The quantitative estimate of drug-likeness (QED) is 0.592. The van der Waals surface area contributed by atoms with Gasteiger partial charge < -0.3 is 19.3 Å². The number of carbonyl (C=O) groups is 1. The normalized spacial score (nSPS) is 11.7. The summed E-state index contributed by atoms with van der Waals surface area (Å²) in [5, 5.41) is 7.60. The average molecular weight is 416 g/mol. The number of benzene rings is 2. The van der Waals surface area contributed by atoms with E-state index < -0.39 is 0 Å². The smallest absolute Gasteiger partial charge is 0.227 e. The number of hydrogen-bond acceptors (Lipinski definition) is 6. The topological polar surface area (TPSA) is 86.5 Å². The van der Waals surface area contributed by atoms with Crippen molar-refractivity contribution in [1.29, 1.82) is 0 Å². The highest BCUT2D eigenvalue weighted by molar-refractivity contribution is 6.30. The van der Waals surface area contributed by atoms with Gasteiger partial charge in [-0.05, 0) is 42.8 Å². The molecule has 1 amide bonds. The SMILES string of the molecule is COc1ccc(-c2noc(CCC(=O)N[C@H](C)c3ccc(Cl)cc3)n2)cc1OC. The molecule has 0 bridgehead atoms. The van der Waals surface area contributed by atoms with Gasteiger partial charge in [0.25, 0.3) is 0 Å². The molecule has 3 rings (SSSR count). The molecule has 0 radical (unpaired) electrons. The Balaban J connectivity index is 1.57. The molecule has 0 aliphatic rings. The van der Waals surface area contributed by atoms with Crippen molar-refractivity contribution in [2.24, 2.45) is 0 Å². The maximum absolute atomic E-state index is 12.2. The molecule has 1 atom stereocenters. The molecular weight excluding hydrogens is 394 g/mol. The monoisotopic (exact) mass is 415 g/mol. The van der Waals surface area contributed by atoms with E-state index in [1.165, 1.54) is 0 Å². The zero-order valence-electron chi connectivity index (χ0n) is 16.4. The summed E-state index contributed by atoms with van der Waals surface area (Å²) >= 11 is 5.89. The molecule has 29 heavy (non-hydrogen) atoms. The summed E-state index contributed by atoms with van der Waals surface area (Å²) < 4.78 is 15.8. The molecule has 0 unspecified atom stereocenters. The van der Waals surface area contributed by atoms with Gasteiger partial charge in [-0.2, -0.15) is 4.98 Å². The number of rotatable bonds is 8. The lowest BCUT2D eigenvalue weighted by molar-refractivity contribution is -0.121. The van der Waals surface area contributed by atoms with Gasteiger partial charge in [0.15, 0.2) is 11.5 Å². The number of aromatic nitrogens is 2. The van der Waals surface area contributed by atoms with E-state index in [4.69, 9.17) is 25.6 Å². The zero-order chi connectivity index (χ0) is 20.8. The molecule has 0 aliphatic carbocycles. The highest BCUT2D eigenvalue weighted by atomic mass is 35.5. The second kappa shape index (κ2) is 9.43. The van der Waals surface area contributed by atoms with Crippen LogP contribution in [0.3, 0.4) is 0 Å². The van der Waals surface area contributed by atoms with Gasteiger partial charge in [-0.1, -0.05) is 28.9 Å². The Bertz CT molecular complexity index is 972. The summed E-state index contributed by atoms with van der Waals surface area (Å²) in [4.78, 5) is 16.6. The number of ether oxygens (including phenoxy) is 2. The molecule has 2 aromatic carbocycles. The van der Waals surface area contributed by atoms with Crippen LogP contribution in [0.1, 0.15) is 30.8 Å². The number of carbonyl (C=O) groups excluding carboxylic acids is 1. The second-order valence-corrected chi connectivity index (χ2v) is 6.86. The van der Waals surface area contributed by atoms with E-state index in [0.29, 0.717) is 34.7 Å². The Morgan fingerprint density at radius 1 is 1.14 bits per heavy atom. The number of nitrogens with zero attached hydrogens (tertiary/aromatic N) is 2. The van der Waals surface area contributed by atoms with Crippen LogP contribution in [0.4, 0.5) is 0 Å². The van der Waals surface area contributed by atoms with Crippen LogP contribution in [0.2, 0.25) is 5.02 Å². The van der Waals surface area contributed by atoms with Crippen molar-refractivity contribution in [3.63, 3.8) is 0 Å². The Kier molecular flexibility index (Phi) is 6.72. The largest absolute Gasteiger partial charge is 0.493 e. The first-order valence-corrected chi connectivity index (χ1v) is 9.47. The van der Waals surface area contributed by atoms with Crippen molar-refractivity contribution in [3.8, 4) is 22.9 Å². The Morgan fingerprint density at radius 3 is 2.55 bits per heavy atom. The lowest BCUT2D eigenvalue weighted by Crippen LogP contribution is -2.26. The number of aryl methyl sites for hydroxylation is 1. The van der Waals surface area contributed by atoms with E-state index in [-0.39, 0.29) is 18.4 Å². The van der Waals surface area contributed by atoms with Crippen LogP contribution in [0.15, 0.2) is 47.0 Å². The predicted molar refractivity (Wildman–Crippen MR) is 109 cm³/mol. The van der Waals surface area contributed by atoms with Crippen molar-refractivity contribution in [2.45, 2.75) is 25.8 Å². The maximum atomic E-state index is 12.2. The molecule has 152 valence electrons. The highest BCUT2D eigenvalue weighted by Crippen LogP contribution is 2.31. The Morgan fingerprint density at radius 2 is 1.86 bits per heavy atom. The molecule has 8 heteroatoms. The maximum Gasteiger partial charge on any atom is 0.227 e. The average Bonchev–Trinajstić information content (AvgIpc) is 3.21. The molecule has 0 aliphatic heterocycles. The van der Waals surface area contributed by atoms with E-state index in [2.05, 4.69) is 15.5 Å². The predicted octanol–water partition coefficient (Wildman–Crippen LogP) is 4.22. The van der Waals surface area contributed by atoms with Gasteiger partial charge in [0.2, 0.25) is 17.6 Å². The lowest BCUT2D eigenvalue weighted by Gasteiger charge is -2.14. The summed E-state index contributed by atoms with van der Waals surface area (Å²) in [7, 11) is 3.13. The van der Waals surface area contributed by atoms with E-state index in [0.717, 1.165) is 11.1 Å². The standard InChI is InChI=1S/C21H22ClN3O4/c1-13(14-4-7-16(22)8-5-14)23-19(26)10-11-20-24-21(25-29-20)15-6-9-17(27-2)18(12-15)28-3/h4-9,12-13H,10-11H2,1-3H3,(H,23,26)/t13-/m1/s1. The molecule has 0 saturated heterocycles. The third kappa shape index (κ3) is 5.26. The van der Waals surface area contributed by atoms with E-state index in [9.17, 15) is 4.79 Å². The van der Waals surface area contributed by atoms with E-state index >= 15 is 0 Å². The fourth-order valence-electron chi connectivity index (χ4n) is 2.82. The van der Waals surface area contributed by atoms with Crippen molar-refractivity contribution >= 4 is 17.5 Å². The van der Waals surface area contributed by atoms with Gasteiger partial charge in [-0.25, -0.2) is 0 Å². The summed E-state index contributed by atoms with van der Waals surface area (Å²) in [5.41, 5.74) is 1.72. The van der Waals surface area contributed by atoms with Gasteiger partial charge in [0, 0.05) is 23.4 Å². The molecule has 1 heterocycles. The molecule has 1 aromatic heterocycles. The molecule has 0 saturated carbocycles. The minimum Gasteiger partial charge on any atom is -0.493 e. The number of nitrogens with one attached hydrogen (secondary N) is 1. The Labute approximate surface area is 174 Å². The molecule has 0 spiro atoms. The van der Waals surface area contributed by atoms with Gasteiger partial charge in [0.1, 0.15) is 0 Å². The van der Waals surface area contributed by atoms with Crippen LogP contribution in [0.25, 0.3) is 11.4 Å². The number of halogens is 1. The minimum atomic E-state index is -0.121. The molecule has 3 aromatic rings. The van der Waals surface area contributed by atoms with E-state index in [1.807, 2.05) is 25.1 Å². The third-order valence-corrected chi connectivity index (χ3v) is 4.68. The first-order chi connectivity index (χ1) is 14.0. The van der Waals surface area contributed by atoms with Crippen LogP contribution >= 0.6 is 11.6 Å². The molecule has 0 fully saturated rings. The first kappa shape index (κ1) is 20.7. The summed E-state index contributed by atoms with van der Waals surface area (Å²) in [6.45, 7) is 1.92. The summed E-state index contributed by atoms with van der Waals surface area (Å²) in [5.74, 6) is 1.91. The second-order valence-electron chi connectivity index (χ2n) is 6.42. The third-order valence-electron chi connectivity index (χ3n) is 4.42. The Hall–Kier alpha value is -3.06. The molecular formula is C21H22ClN3O4. The molecule has 1 N–H and O–H groups in total. The van der Waals surface area contributed by atoms with Gasteiger partial charge in [-0.15, -0.1) is 0 Å². The lowest BCUT2D eigenvalue weighted by atomic mass is 10.1. The fourth-order valence-corrected chi connectivity index (χ4v) is 2.94. The molecule has 7 nitrogen and oxygen atoms in total. The van der Waals surface area contributed by atoms with Crippen molar-refractivity contribution in [1.82, 2.24) is 15.5 Å². The van der Waals surface area contributed by atoms with Gasteiger partial charge >= 0.3 is 0 Å². The zero-order valence-corrected chi connectivity index (χ0v) is 17.2. The highest BCUT2D eigenvalue weighted by Gasteiger charge is 2.14. The first-order valence-electron chi connectivity index (χ1n) is 9.10.